The Morgan fingerprint density at radius 3 is 3.20 bits per heavy atom. The molecule has 2 N–H and O–H groups in total. The summed E-state index contributed by atoms with van der Waals surface area (Å²) in [5.41, 5.74) is 1.60. The number of pyridine rings is 1. The average molecular weight is 429 g/mol. The van der Waals surface area contributed by atoms with Crippen LogP contribution in [0.5, 0.6) is 0 Å². The zero-order valence-electron chi connectivity index (χ0n) is 16.9. The van der Waals surface area contributed by atoms with Crippen LogP contribution in [0.25, 0.3) is 22.4 Å². The quantitative estimate of drug-likeness (QED) is 0.599. The molecular formula is C21H25ClN6O2. The molecule has 1 amide bonds. The Morgan fingerprint density at radius 2 is 2.33 bits per heavy atom. The highest BCUT2D eigenvalue weighted by Crippen LogP contribution is 2.27. The van der Waals surface area contributed by atoms with Crippen LogP contribution in [-0.2, 0) is 9.53 Å². The molecule has 4 rings (SSSR count). The van der Waals surface area contributed by atoms with Crippen LogP contribution in [0.4, 0.5) is 5.82 Å². The van der Waals surface area contributed by atoms with Gasteiger partial charge in [-0.25, -0.2) is 15.0 Å². The number of hydrogen-bond donors (Lipinski definition) is 2. The van der Waals surface area contributed by atoms with Crippen LogP contribution >= 0.6 is 11.6 Å². The molecule has 3 aromatic heterocycles. The third kappa shape index (κ3) is 4.71. The third-order valence-electron chi connectivity index (χ3n) is 5.36. The number of methoxy groups -OCH3 is 1. The third-order valence-corrected chi connectivity index (χ3v) is 5.56. The largest absolute Gasteiger partial charge is 0.384 e. The Morgan fingerprint density at radius 1 is 1.43 bits per heavy atom. The first kappa shape index (κ1) is 20.6. The van der Waals surface area contributed by atoms with Gasteiger partial charge in [-0.1, -0.05) is 11.6 Å². The summed E-state index contributed by atoms with van der Waals surface area (Å²) in [5.74, 6) is 1.92. The summed E-state index contributed by atoms with van der Waals surface area (Å²) in [6.45, 7) is 2.82. The van der Waals surface area contributed by atoms with Gasteiger partial charge in [-0.2, -0.15) is 0 Å². The number of piperidine rings is 1. The SMILES string of the molecule is COCCC(=O)N1CCCC(CNc2ccnc(-c3c[nH]c4ncc(Cl)cc34)n2)C1. The van der Waals surface area contributed by atoms with E-state index in [1.54, 1.807) is 19.5 Å². The molecule has 0 aliphatic carbocycles. The van der Waals surface area contributed by atoms with Crippen molar-refractivity contribution >= 4 is 34.4 Å². The number of anilines is 1. The Kier molecular flexibility index (Phi) is 6.44. The molecule has 1 atom stereocenters. The summed E-state index contributed by atoms with van der Waals surface area (Å²) < 4.78 is 5.02. The van der Waals surface area contributed by atoms with E-state index in [0.717, 1.165) is 54.9 Å². The van der Waals surface area contributed by atoms with E-state index in [1.165, 1.54) is 0 Å². The van der Waals surface area contributed by atoms with E-state index < -0.39 is 0 Å². The van der Waals surface area contributed by atoms with Gasteiger partial charge < -0.3 is 19.9 Å². The zero-order valence-corrected chi connectivity index (χ0v) is 17.7. The Bertz CT molecular complexity index is 1020. The normalized spacial score (nSPS) is 16.7. The van der Waals surface area contributed by atoms with Crippen LogP contribution < -0.4 is 5.32 Å². The van der Waals surface area contributed by atoms with E-state index in [-0.39, 0.29) is 5.91 Å². The van der Waals surface area contributed by atoms with Crippen molar-refractivity contribution in [2.24, 2.45) is 5.92 Å². The van der Waals surface area contributed by atoms with Crippen LogP contribution in [0.3, 0.4) is 0 Å². The van der Waals surface area contributed by atoms with Gasteiger partial charge in [0.15, 0.2) is 5.82 Å². The van der Waals surface area contributed by atoms with Crippen molar-refractivity contribution < 1.29 is 9.53 Å². The Labute approximate surface area is 180 Å². The van der Waals surface area contributed by atoms with Crippen molar-refractivity contribution in [3.63, 3.8) is 0 Å². The van der Waals surface area contributed by atoms with Crippen LogP contribution in [0.1, 0.15) is 19.3 Å². The lowest BCUT2D eigenvalue weighted by molar-refractivity contribution is -0.133. The van der Waals surface area contributed by atoms with E-state index >= 15 is 0 Å². The second-order valence-corrected chi connectivity index (χ2v) is 7.93. The molecule has 0 radical (unpaired) electrons. The van der Waals surface area contributed by atoms with Crippen molar-refractivity contribution in [3.05, 3.63) is 35.7 Å². The maximum Gasteiger partial charge on any atom is 0.224 e. The van der Waals surface area contributed by atoms with Gasteiger partial charge in [0.25, 0.3) is 0 Å². The molecule has 0 bridgehead atoms. The van der Waals surface area contributed by atoms with Crippen molar-refractivity contribution in [1.82, 2.24) is 24.8 Å². The number of rotatable bonds is 7. The van der Waals surface area contributed by atoms with Crippen molar-refractivity contribution in [3.8, 4) is 11.4 Å². The fraction of sp³-hybridized carbons (Fsp3) is 0.429. The van der Waals surface area contributed by atoms with Crippen molar-refractivity contribution in [2.45, 2.75) is 19.3 Å². The minimum Gasteiger partial charge on any atom is -0.384 e. The van der Waals surface area contributed by atoms with Crippen LogP contribution in [-0.4, -0.2) is 64.1 Å². The van der Waals surface area contributed by atoms with Gasteiger partial charge in [0.1, 0.15) is 11.5 Å². The molecule has 4 heterocycles. The molecule has 3 aromatic rings. The summed E-state index contributed by atoms with van der Waals surface area (Å²) >= 11 is 6.10. The lowest BCUT2D eigenvalue weighted by Crippen LogP contribution is -2.42. The summed E-state index contributed by atoms with van der Waals surface area (Å²) in [6.07, 6.45) is 7.74. The molecule has 9 heteroatoms. The Balaban J connectivity index is 1.41. The monoisotopic (exact) mass is 428 g/mol. The predicted molar refractivity (Wildman–Crippen MR) is 116 cm³/mol. The number of hydrogen-bond acceptors (Lipinski definition) is 6. The van der Waals surface area contributed by atoms with E-state index in [2.05, 4.69) is 25.3 Å². The van der Waals surface area contributed by atoms with Crippen molar-refractivity contribution in [2.75, 3.05) is 38.7 Å². The fourth-order valence-corrected chi connectivity index (χ4v) is 3.96. The molecule has 0 aromatic carbocycles. The summed E-state index contributed by atoms with van der Waals surface area (Å²) in [6, 6.07) is 3.71. The van der Waals surface area contributed by atoms with Crippen LogP contribution in [0.15, 0.2) is 30.7 Å². The van der Waals surface area contributed by atoms with Gasteiger partial charge in [0, 0.05) is 56.3 Å². The summed E-state index contributed by atoms with van der Waals surface area (Å²) in [4.78, 5) is 30.7. The first-order chi connectivity index (χ1) is 14.6. The van der Waals surface area contributed by atoms with Gasteiger partial charge in [-0.15, -0.1) is 0 Å². The molecule has 158 valence electrons. The Hall–Kier alpha value is -2.71. The number of aromatic amines is 1. The summed E-state index contributed by atoms with van der Waals surface area (Å²) in [7, 11) is 1.62. The lowest BCUT2D eigenvalue weighted by atomic mass is 9.97. The fourth-order valence-electron chi connectivity index (χ4n) is 3.80. The number of fused-ring (bicyclic) bond motifs is 1. The molecule has 30 heavy (non-hydrogen) atoms. The number of ether oxygens (including phenoxy) is 1. The first-order valence-electron chi connectivity index (χ1n) is 10.1. The highest BCUT2D eigenvalue weighted by Gasteiger charge is 2.23. The smallest absolute Gasteiger partial charge is 0.224 e. The first-order valence-corrected chi connectivity index (χ1v) is 10.5. The highest BCUT2D eigenvalue weighted by atomic mass is 35.5. The topological polar surface area (TPSA) is 96.0 Å². The maximum absolute atomic E-state index is 12.3. The number of H-pyrrole nitrogens is 1. The molecule has 1 unspecified atom stereocenters. The number of likely N-dealkylation sites (tertiary alicyclic amines) is 1. The average Bonchev–Trinajstić information content (AvgIpc) is 3.19. The summed E-state index contributed by atoms with van der Waals surface area (Å²) in [5, 5.41) is 4.87. The molecule has 1 aliphatic rings. The second kappa shape index (κ2) is 9.40. The second-order valence-electron chi connectivity index (χ2n) is 7.49. The van der Waals surface area contributed by atoms with Crippen LogP contribution in [0, 0.1) is 5.92 Å². The predicted octanol–water partition coefficient (Wildman–Crippen LogP) is 3.36. The number of aromatic nitrogens is 4. The molecule has 1 saturated heterocycles. The molecular weight excluding hydrogens is 404 g/mol. The van der Waals surface area contributed by atoms with Gasteiger partial charge in [-0.3, -0.25) is 4.79 Å². The maximum atomic E-state index is 12.3. The van der Waals surface area contributed by atoms with Gasteiger partial charge >= 0.3 is 0 Å². The van der Waals surface area contributed by atoms with E-state index in [1.807, 2.05) is 23.2 Å². The number of nitrogens with zero attached hydrogens (tertiary/aromatic N) is 4. The highest BCUT2D eigenvalue weighted by molar-refractivity contribution is 6.31. The lowest BCUT2D eigenvalue weighted by Gasteiger charge is -2.33. The van der Waals surface area contributed by atoms with Crippen LogP contribution in [0.2, 0.25) is 5.02 Å². The van der Waals surface area contributed by atoms with Gasteiger partial charge in [-0.05, 0) is 30.9 Å². The number of carbonyl (C=O) groups is 1. The zero-order chi connectivity index (χ0) is 20.9. The number of halogens is 1. The van der Waals surface area contributed by atoms with E-state index in [4.69, 9.17) is 16.3 Å². The number of amides is 1. The minimum absolute atomic E-state index is 0.164. The molecule has 1 aliphatic heterocycles. The molecule has 1 fully saturated rings. The molecule has 0 spiro atoms. The van der Waals surface area contributed by atoms with Gasteiger partial charge in [0.05, 0.1) is 18.1 Å². The number of nitrogens with one attached hydrogen (secondary N) is 2. The minimum atomic E-state index is 0.164. The van der Waals surface area contributed by atoms with Crippen molar-refractivity contribution in [1.29, 1.82) is 0 Å². The standard InChI is InChI=1S/C21H25ClN6O2/c1-30-8-5-19(29)28-7-2-3-14(13-28)10-24-18-4-6-23-21(27-18)17-12-26-20-16(17)9-15(22)11-25-20/h4,6,9,11-12,14H,2-3,5,7-8,10,13H2,1H3,(H,25,26)(H,23,24,27). The molecule has 0 saturated carbocycles. The number of carbonyl (C=O) groups excluding carboxylic acids is 1. The van der Waals surface area contributed by atoms with Gasteiger partial charge in [0.2, 0.25) is 5.91 Å². The molecule has 8 nitrogen and oxygen atoms in total. The van der Waals surface area contributed by atoms with E-state index in [0.29, 0.717) is 29.8 Å². The van der Waals surface area contributed by atoms with E-state index in [9.17, 15) is 4.79 Å².